The highest BCUT2D eigenvalue weighted by molar-refractivity contribution is 5.30. The maximum absolute atomic E-state index is 13.7. The van der Waals surface area contributed by atoms with Crippen LogP contribution in [0.1, 0.15) is 31.9 Å². The Morgan fingerprint density at radius 1 is 1.53 bits per heavy atom. The minimum atomic E-state index is -0.314. The SMILES string of the molecule is C=C(C)CCOc1ccc(C(C)NC)cc1F. The van der Waals surface area contributed by atoms with Gasteiger partial charge in [0.05, 0.1) is 6.61 Å². The van der Waals surface area contributed by atoms with Crippen molar-refractivity contribution in [2.24, 2.45) is 0 Å². The fourth-order valence-corrected chi connectivity index (χ4v) is 1.41. The molecule has 1 aromatic carbocycles. The summed E-state index contributed by atoms with van der Waals surface area (Å²) in [5.41, 5.74) is 1.95. The number of rotatable bonds is 6. The van der Waals surface area contributed by atoms with Gasteiger partial charge in [-0.15, -0.1) is 6.58 Å². The molecule has 0 fully saturated rings. The monoisotopic (exact) mass is 237 g/mol. The van der Waals surface area contributed by atoms with Gasteiger partial charge in [0.25, 0.3) is 0 Å². The molecule has 0 spiro atoms. The molecule has 0 bridgehead atoms. The molecule has 0 radical (unpaired) electrons. The summed E-state index contributed by atoms with van der Waals surface area (Å²) in [5, 5.41) is 3.07. The Morgan fingerprint density at radius 2 is 2.24 bits per heavy atom. The van der Waals surface area contributed by atoms with Crippen molar-refractivity contribution >= 4 is 0 Å². The Hall–Kier alpha value is -1.35. The molecule has 1 atom stereocenters. The van der Waals surface area contributed by atoms with Crippen LogP contribution >= 0.6 is 0 Å². The van der Waals surface area contributed by atoms with Crippen LogP contribution in [0.15, 0.2) is 30.4 Å². The van der Waals surface area contributed by atoms with Crippen molar-refractivity contribution < 1.29 is 9.13 Å². The number of halogens is 1. The summed E-state index contributed by atoms with van der Waals surface area (Å²) in [4.78, 5) is 0. The first kappa shape index (κ1) is 13.7. The number of benzene rings is 1. The summed E-state index contributed by atoms with van der Waals surface area (Å²) < 4.78 is 19.1. The van der Waals surface area contributed by atoms with Gasteiger partial charge in [0.2, 0.25) is 0 Å². The van der Waals surface area contributed by atoms with Gasteiger partial charge in [-0.05, 0) is 38.6 Å². The average Bonchev–Trinajstić information content (AvgIpc) is 2.29. The second-order valence-corrected chi connectivity index (χ2v) is 4.26. The first-order valence-electron chi connectivity index (χ1n) is 5.78. The molecular weight excluding hydrogens is 217 g/mol. The van der Waals surface area contributed by atoms with Gasteiger partial charge in [0, 0.05) is 12.5 Å². The van der Waals surface area contributed by atoms with Crippen molar-refractivity contribution in [2.45, 2.75) is 26.3 Å². The van der Waals surface area contributed by atoms with E-state index in [9.17, 15) is 4.39 Å². The van der Waals surface area contributed by atoms with Crippen LogP contribution in [0.25, 0.3) is 0 Å². The van der Waals surface area contributed by atoms with Crippen molar-refractivity contribution in [1.82, 2.24) is 5.32 Å². The summed E-state index contributed by atoms with van der Waals surface area (Å²) in [5.74, 6) is -0.00961. The van der Waals surface area contributed by atoms with Crippen molar-refractivity contribution in [3.8, 4) is 5.75 Å². The van der Waals surface area contributed by atoms with Gasteiger partial charge in [-0.3, -0.25) is 0 Å². The van der Waals surface area contributed by atoms with Gasteiger partial charge in [0.1, 0.15) is 0 Å². The fourth-order valence-electron chi connectivity index (χ4n) is 1.41. The molecule has 94 valence electrons. The molecule has 2 nitrogen and oxygen atoms in total. The third-order valence-electron chi connectivity index (χ3n) is 2.68. The zero-order valence-corrected chi connectivity index (χ0v) is 10.7. The molecule has 0 aromatic heterocycles. The molecule has 1 rings (SSSR count). The minimum absolute atomic E-state index is 0.133. The van der Waals surface area contributed by atoms with E-state index in [0.717, 1.165) is 17.6 Å². The normalized spacial score (nSPS) is 12.2. The minimum Gasteiger partial charge on any atom is -0.490 e. The number of hydrogen-bond donors (Lipinski definition) is 1. The number of hydrogen-bond acceptors (Lipinski definition) is 2. The average molecular weight is 237 g/mol. The van der Waals surface area contributed by atoms with Crippen LogP contribution in [0.3, 0.4) is 0 Å². The van der Waals surface area contributed by atoms with E-state index in [1.807, 2.05) is 27.0 Å². The van der Waals surface area contributed by atoms with Crippen LogP contribution in [0, 0.1) is 5.82 Å². The highest BCUT2D eigenvalue weighted by atomic mass is 19.1. The molecule has 0 amide bonds. The van der Waals surface area contributed by atoms with Gasteiger partial charge in [-0.25, -0.2) is 4.39 Å². The largest absolute Gasteiger partial charge is 0.490 e. The topological polar surface area (TPSA) is 21.3 Å². The van der Waals surface area contributed by atoms with E-state index in [1.165, 1.54) is 6.07 Å². The van der Waals surface area contributed by atoms with E-state index in [4.69, 9.17) is 4.74 Å². The molecule has 3 heteroatoms. The molecule has 0 aliphatic rings. The summed E-state index contributed by atoms with van der Waals surface area (Å²) in [6.07, 6.45) is 0.744. The van der Waals surface area contributed by atoms with Crippen LogP contribution < -0.4 is 10.1 Å². The van der Waals surface area contributed by atoms with Crippen molar-refractivity contribution in [1.29, 1.82) is 0 Å². The van der Waals surface area contributed by atoms with E-state index in [1.54, 1.807) is 6.07 Å². The van der Waals surface area contributed by atoms with E-state index < -0.39 is 0 Å². The lowest BCUT2D eigenvalue weighted by Gasteiger charge is -2.12. The van der Waals surface area contributed by atoms with Gasteiger partial charge in [0.15, 0.2) is 11.6 Å². The Morgan fingerprint density at radius 3 is 2.76 bits per heavy atom. The van der Waals surface area contributed by atoms with E-state index in [0.29, 0.717) is 12.4 Å². The molecule has 0 saturated carbocycles. The summed E-state index contributed by atoms with van der Waals surface area (Å²) in [6, 6.07) is 5.20. The van der Waals surface area contributed by atoms with Gasteiger partial charge in [-0.1, -0.05) is 11.6 Å². The molecule has 0 aliphatic heterocycles. The lowest BCUT2D eigenvalue weighted by Crippen LogP contribution is -2.12. The molecule has 1 aromatic rings. The Bertz CT molecular complexity index is 390. The number of nitrogens with one attached hydrogen (secondary N) is 1. The molecule has 0 saturated heterocycles. The van der Waals surface area contributed by atoms with Gasteiger partial charge >= 0.3 is 0 Å². The molecule has 1 N–H and O–H groups in total. The molecule has 1 unspecified atom stereocenters. The lowest BCUT2D eigenvalue weighted by atomic mass is 10.1. The number of ether oxygens (including phenoxy) is 1. The van der Waals surface area contributed by atoms with Crippen LogP contribution in [-0.2, 0) is 0 Å². The lowest BCUT2D eigenvalue weighted by molar-refractivity contribution is 0.305. The van der Waals surface area contributed by atoms with Gasteiger partial charge in [-0.2, -0.15) is 0 Å². The highest BCUT2D eigenvalue weighted by Crippen LogP contribution is 2.22. The standard InChI is InChI=1S/C14H20FNO/c1-10(2)7-8-17-14-6-5-12(9-13(14)15)11(3)16-4/h5-6,9,11,16H,1,7-8H2,2-4H3. The Kier molecular flexibility index (Phi) is 5.16. The highest BCUT2D eigenvalue weighted by Gasteiger charge is 2.08. The summed E-state index contributed by atoms with van der Waals surface area (Å²) >= 11 is 0. The maximum Gasteiger partial charge on any atom is 0.165 e. The summed E-state index contributed by atoms with van der Waals surface area (Å²) in [6.45, 7) is 8.15. The zero-order valence-electron chi connectivity index (χ0n) is 10.7. The van der Waals surface area contributed by atoms with E-state index >= 15 is 0 Å². The third-order valence-corrected chi connectivity index (χ3v) is 2.68. The molecule has 17 heavy (non-hydrogen) atoms. The predicted octanol–water partition coefficient (Wildman–Crippen LogP) is 3.45. The van der Waals surface area contributed by atoms with Crippen LogP contribution in [0.4, 0.5) is 4.39 Å². The molecule has 0 heterocycles. The quantitative estimate of drug-likeness (QED) is 0.765. The second kappa shape index (κ2) is 6.40. The van der Waals surface area contributed by atoms with Crippen LogP contribution in [0.5, 0.6) is 5.75 Å². The second-order valence-electron chi connectivity index (χ2n) is 4.26. The smallest absolute Gasteiger partial charge is 0.165 e. The maximum atomic E-state index is 13.7. The van der Waals surface area contributed by atoms with Crippen molar-refractivity contribution in [3.05, 3.63) is 41.7 Å². The first-order valence-corrected chi connectivity index (χ1v) is 5.78. The molecular formula is C14H20FNO. The Labute approximate surface area is 102 Å². The van der Waals surface area contributed by atoms with E-state index in [-0.39, 0.29) is 11.9 Å². The van der Waals surface area contributed by atoms with Crippen molar-refractivity contribution in [2.75, 3.05) is 13.7 Å². The fraction of sp³-hybridized carbons (Fsp3) is 0.429. The van der Waals surface area contributed by atoms with E-state index in [2.05, 4.69) is 11.9 Å². The zero-order chi connectivity index (χ0) is 12.8. The van der Waals surface area contributed by atoms with Gasteiger partial charge < -0.3 is 10.1 Å². The summed E-state index contributed by atoms with van der Waals surface area (Å²) in [7, 11) is 1.85. The first-order chi connectivity index (χ1) is 8.04. The Balaban J connectivity index is 2.66. The molecule has 0 aliphatic carbocycles. The van der Waals surface area contributed by atoms with Crippen LogP contribution in [-0.4, -0.2) is 13.7 Å². The third kappa shape index (κ3) is 4.19. The van der Waals surface area contributed by atoms with Crippen molar-refractivity contribution in [3.63, 3.8) is 0 Å². The van der Waals surface area contributed by atoms with Crippen LogP contribution in [0.2, 0.25) is 0 Å². The predicted molar refractivity (Wildman–Crippen MR) is 68.8 cm³/mol.